The highest BCUT2D eigenvalue weighted by Gasteiger charge is 2.13. The normalized spacial score (nSPS) is 10.8. The van der Waals surface area contributed by atoms with Crippen molar-refractivity contribution in [2.24, 2.45) is 0 Å². The number of rotatable bonds is 2. The minimum Gasteiger partial charge on any atom is -0.334 e. The highest BCUT2D eigenvalue weighted by atomic mass is 35.5. The predicted octanol–water partition coefficient (Wildman–Crippen LogP) is 4.85. The van der Waals surface area contributed by atoms with Crippen molar-refractivity contribution in [3.63, 3.8) is 0 Å². The van der Waals surface area contributed by atoms with Crippen molar-refractivity contribution < 1.29 is 8.91 Å². The summed E-state index contributed by atoms with van der Waals surface area (Å²) >= 11 is 11.9. The average molecular weight is 309 g/mol. The molecule has 0 spiro atoms. The quantitative estimate of drug-likeness (QED) is 0.679. The Hall–Kier alpha value is -1.91. The van der Waals surface area contributed by atoms with E-state index >= 15 is 0 Å². The van der Waals surface area contributed by atoms with Gasteiger partial charge in [-0.3, -0.25) is 0 Å². The molecule has 0 unspecified atom stereocenters. The van der Waals surface area contributed by atoms with Crippen molar-refractivity contribution in [2.75, 3.05) is 0 Å². The van der Waals surface area contributed by atoms with Crippen LogP contribution in [-0.4, -0.2) is 10.1 Å². The van der Waals surface area contributed by atoms with Gasteiger partial charge >= 0.3 is 0 Å². The minimum absolute atomic E-state index is 0.283. The molecule has 0 fully saturated rings. The van der Waals surface area contributed by atoms with Crippen LogP contribution in [0.15, 0.2) is 47.0 Å². The Morgan fingerprint density at radius 1 is 1.00 bits per heavy atom. The Morgan fingerprint density at radius 2 is 1.75 bits per heavy atom. The lowest BCUT2D eigenvalue weighted by Crippen LogP contribution is -1.83. The molecule has 3 nitrogen and oxygen atoms in total. The molecule has 0 radical (unpaired) electrons. The van der Waals surface area contributed by atoms with E-state index in [2.05, 4.69) is 10.1 Å². The van der Waals surface area contributed by atoms with Crippen LogP contribution in [-0.2, 0) is 0 Å². The zero-order valence-electron chi connectivity index (χ0n) is 9.98. The maximum atomic E-state index is 12.9. The second kappa shape index (κ2) is 5.23. The van der Waals surface area contributed by atoms with Crippen molar-refractivity contribution in [2.45, 2.75) is 0 Å². The SMILES string of the molecule is Fc1ccc(-c2noc(-c3ccc(Cl)cc3Cl)n2)cc1. The Balaban J connectivity index is 1.99. The van der Waals surface area contributed by atoms with E-state index in [4.69, 9.17) is 27.7 Å². The van der Waals surface area contributed by atoms with Gasteiger partial charge in [-0.2, -0.15) is 4.98 Å². The Morgan fingerprint density at radius 3 is 2.45 bits per heavy atom. The molecule has 0 aliphatic carbocycles. The Labute approximate surface area is 124 Å². The first-order valence-electron chi connectivity index (χ1n) is 5.68. The molecule has 100 valence electrons. The lowest BCUT2D eigenvalue weighted by Gasteiger charge is -1.98. The van der Waals surface area contributed by atoms with Gasteiger partial charge in [0, 0.05) is 10.6 Å². The van der Waals surface area contributed by atoms with Crippen molar-refractivity contribution in [1.82, 2.24) is 10.1 Å². The minimum atomic E-state index is -0.321. The van der Waals surface area contributed by atoms with Crippen LogP contribution in [0.3, 0.4) is 0 Å². The van der Waals surface area contributed by atoms with Gasteiger partial charge in [0.05, 0.1) is 10.6 Å². The molecule has 3 aromatic rings. The number of hydrogen-bond donors (Lipinski definition) is 0. The lowest BCUT2D eigenvalue weighted by atomic mass is 10.2. The van der Waals surface area contributed by atoms with Gasteiger partial charge in [-0.15, -0.1) is 0 Å². The average Bonchev–Trinajstić information content (AvgIpc) is 2.89. The van der Waals surface area contributed by atoms with Crippen LogP contribution in [0.2, 0.25) is 10.0 Å². The summed E-state index contributed by atoms with van der Waals surface area (Å²) in [5.41, 5.74) is 1.25. The molecule has 0 amide bonds. The number of benzene rings is 2. The molecule has 0 N–H and O–H groups in total. The fourth-order valence-corrected chi connectivity index (χ4v) is 2.20. The second-order valence-corrected chi connectivity index (χ2v) is 4.90. The summed E-state index contributed by atoms with van der Waals surface area (Å²) < 4.78 is 18.0. The van der Waals surface area contributed by atoms with E-state index in [1.165, 1.54) is 12.1 Å². The van der Waals surface area contributed by atoms with Gasteiger partial charge in [0.2, 0.25) is 5.82 Å². The van der Waals surface area contributed by atoms with Crippen LogP contribution in [0.25, 0.3) is 22.8 Å². The summed E-state index contributed by atoms with van der Waals surface area (Å²) in [6.07, 6.45) is 0. The topological polar surface area (TPSA) is 38.9 Å². The van der Waals surface area contributed by atoms with E-state index in [0.29, 0.717) is 27.0 Å². The predicted molar refractivity (Wildman–Crippen MR) is 75.1 cm³/mol. The molecular formula is C14H7Cl2FN2O. The molecule has 3 rings (SSSR count). The summed E-state index contributed by atoms with van der Waals surface area (Å²) in [6, 6.07) is 10.8. The van der Waals surface area contributed by atoms with Gasteiger partial charge in [0.25, 0.3) is 5.89 Å². The first-order chi connectivity index (χ1) is 9.63. The van der Waals surface area contributed by atoms with E-state index in [0.717, 1.165) is 0 Å². The van der Waals surface area contributed by atoms with Crippen molar-refractivity contribution >= 4 is 23.2 Å². The van der Waals surface area contributed by atoms with Gasteiger partial charge in [-0.05, 0) is 42.5 Å². The Kier molecular flexibility index (Phi) is 3.42. The third-order valence-electron chi connectivity index (χ3n) is 2.69. The van der Waals surface area contributed by atoms with Crippen molar-refractivity contribution in [3.8, 4) is 22.8 Å². The van der Waals surface area contributed by atoms with E-state index in [9.17, 15) is 4.39 Å². The monoisotopic (exact) mass is 308 g/mol. The second-order valence-electron chi connectivity index (χ2n) is 4.05. The summed E-state index contributed by atoms with van der Waals surface area (Å²) in [7, 11) is 0. The maximum absolute atomic E-state index is 12.9. The first kappa shape index (κ1) is 13.1. The van der Waals surface area contributed by atoms with E-state index in [-0.39, 0.29) is 11.7 Å². The van der Waals surface area contributed by atoms with E-state index in [1.54, 1.807) is 30.3 Å². The van der Waals surface area contributed by atoms with Gasteiger partial charge in [-0.25, -0.2) is 4.39 Å². The van der Waals surface area contributed by atoms with Gasteiger partial charge < -0.3 is 4.52 Å². The fourth-order valence-electron chi connectivity index (χ4n) is 1.71. The first-order valence-corrected chi connectivity index (χ1v) is 6.44. The third-order valence-corrected chi connectivity index (χ3v) is 3.24. The molecule has 0 saturated carbocycles. The molecule has 1 heterocycles. The van der Waals surface area contributed by atoms with Crippen molar-refractivity contribution in [1.29, 1.82) is 0 Å². The highest BCUT2D eigenvalue weighted by molar-refractivity contribution is 6.36. The third kappa shape index (κ3) is 2.53. The summed E-state index contributed by atoms with van der Waals surface area (Å²) in [4.78, 5) is 4.24. The smallest absolute Gasteiger partial charge is 0.259 e. The van der Waals surface area contributed by atoms with Crippen LogP contribution in [0.4, 0.5) is 4.39 Å². The standard InChI is InChI=1S/C14H7Cl2FN2O/c15-9-3-6-11(12(16)7-9)14-18-13(19-20-14)8-1-4-10(17)5-2-8/h1-7H. The zero-order valence-corrected chi connectivity index (χ0v) is 11.5. The molecular weight excluding hydrogens is 302 g/mol. The van der Waals surface area contributed by atoms with Gasteiger partial charge in [0.1, 0.15) is 5.82 Å². The molecule has 0 atom stereocenters. The van der Waals surface area contributed by atoms with Crippen LogP contribution in [0, 0.1) is 5.82 Å². The molecule has 0 aliphatic rings. The van der Waals surface area contributed by atoms with Crippen LogP contribution >= 0.6 is 23.2 Å². The van der Waals surface area contributed by atoms with Crippen LogP contribution in [0.1, 0.15) is 0 Å². The summed E-state index contributed by atoms with van der Waals surface area (Å²) in [6.45, 7) is 0. The molecule has 20 heavy (non-hydrogen) atoms. The zero-order chi connectivity index (χ0) is 14.1. The molecule has 0 bridgehead atoms. The molecule has 2 aromatic carbocycles. The maximum Gasteiger partial charge on any atom is 0.259 e. The van der Waals surface area contributed by atoms with Crippen molar-refractivity contribution in [3.05, 3.63) is 58.3 Å². The largest absolute Gasteiger partial charge is 0.334 e. The number of nitrogens with zero attached hydrogens (tertiary/aromatic N) is 2. The van der Waals surface area contributed by atoms with E-state index < -0.39 is 0 Å². The summed E-state index contributed by atoms with van der Waals surface area (Å²) in [5.74, 6) is 0.329. The molecule has 6 heteroatoms. The Bertz CT molecular complexity index is 756. The molecule has 0 aliphatic heterocycles. The summed E-state index contributed by atoms with van der Waals surface area (Å²) in [5, 5.41) is 4.80. The highest BCUT2D eigenvalue weighted by Crippen LogP contribution is 2.30. The number of halogens is 3. The molecule has 1 aromatic heterocycles. The van der Waals surface area contributed by atoms with Gasteiger partial charge in [0.15, 0.2) is 0 Å². The van der Waals surface area contributed by atoms with Gasteiger partial charge in [-0.1, -0.05) is 28.4 Å². The fraction of sp³-hybridized carbons (Fsp3) is 0. The number of aromatic nitrogens is 2. The van der Waals surface area contributed by atoms with E-state index in [1.807, 2.05) is 0 Å². The van der Waals surface area contributed by atoms with Crippen LogP contribution in [0.5, 0.6) is 0 Å². The lowest BCUT2D eigenvalue weighted by molar-refractivity contribution is 0.432. The van der Waals surface area contributed by atoms with Crippen LogP contribution < -0.4 is 0 Å². The number of hydrogen-bond acceptors (Lipinski definition) is 3. The molecule has 0 saturated heterocycles.